The van der Waals surface area contributed by atoms with Crippen LogP contribution in [0.4, 0.5) is 5.69 Å². The van der Waals surface area contributed by atoms with Crippen LogP contribution in [0.25, 0.3) is 0 Å². The Bertz CT molecular complexity index is 972. The van der Waals surface area contributed by atoms with Gasteiger partial charge in [-0.15, -0.1) is 0 Å². The summed E-state index contributed by atoms with van der Waals surface area (Å²) in [6.07, 6.45) is 2.64. The molecular weight excluding hydrogens is 404 g/mol. The maximum atomic E-state index is 13.0. The van der Waals surface area contributed by atoms with E-state index in [1.165, 1.54) is 31.5 Å². The van der Waals surface area contributed by atoms with Gasteiger partial charge in [0, 0.05) is 23.5 Å². The number of nitrogens with zero attached hydrogens (tertiary/aromatic N) is 1. The van der Waals surface area contributed by atoms with E-state index in [2.05, 4.69) is 10.3 Å². The van der Waals surface area contributed by atoms with Gasteiger partial charge in [0.05, 0.1) is 28.4 Å². The summed E-state index contributed by atoms with van der Waals surface area (Å²) in [4.78, 5) is 16.5. The van der Waals surface area contributed by atoms with Gasteiger partial charge in [-0.25, -0.2) is 13.4 Å². The smallest absolute Gasteiger partial charge is 0.255 e. The average molecular weight is 425 g/mol. The van der Waals surface area contributed by atoms with Crippen LogP contribution in [-0.2, 0) is 9.84 Å². The third kappa shape index (κ3) is 4.45. The highest BCUT2D eigenvalue weighted by Gasteiger charge is 2.33. The number of aromatic nitrogens is 1. The predicted molar refractivity (Wildman–Crippen MR) is 106 cm³/mol. The molecule has 0 spiro atoms. The first-order valence-corrected chi connectivity index (χ1v) is 10.8. The van der Waals surface area contributed by atoms with Gasteiger partial charge < -0.3 is 15.2 Å². The van der Waals surface area contributed by atoms with E-state index >= 15 is 0 Å². The van der Waals surface area contributed by atoms with E-state index in [0.717, 1.165) is 0 Å². The fourth-order valence-corrected chi connectivity index (χ4v) is 5.52. The van der Waals surface area contributed by atoms with E-state index in [4.69, 9.17) is 16.3 Å². The summed E-state index contributed by atoms with van der Waals surface area (Å²) in [5, 5.41) is 11.8. The van der Waals surface area contributed by atoms with E-state index in [0.29, 0.717) is 37.3 Å². The van der Waals surface area contributed by atoms with Crippen LogP contribution in [0.3, 0.4) is 0 Å². The lowest BCUT2D eigenvalue weighted by Gasteiger charge is -2.25. The number of ether oxygens (including phenoxy) is 1. The Labute approximate surface area is 168 Å². The van der Waals surface area contributed by atoms with Gasteiger partial charge in [0.2, 0.25) is 5.88 Å². The van der Waals surface area contributed by atoms with Gasteiger partial charge in [-0.2, -0.15) is 0 Å². The van der Waals surface area contributed by atoms with Crippen molar-refractivity contribution in [1.82, 2.24) is 4.98 Å². The van der Waals surface area contributed by atoms with Crippen LogP contribution in [0.1, 0.15) is 36.0 Å². The van der Waals surface area contributed by atoms with Crippen LogP contribution in [-0.4, -0.2) is 42.9 Å². The average Bonchev–Trinajstić information content (AvgIpc) is 2.68. The number of carbonyl (C=O) groups excluding carboxylic acids is 1. The molecular formula is C19H21ClN2O5S. The molecule has 0 atom stereocenters. The lowest BCUT2D eigenvalue weighted by molar-refractivity contribution is 0.102. The number of anilines is 1. The van der Waals surface area contributed by atoms with Crippen molar-refractivity contribution in [2.45, 2.75) is 41.9 Å². The van der Waals surface area contributed by atoms with Crippen LogP contribution in [0.2, 0.25) is 5.02 Å². The fraction of sp³-hybridized carbons (Fsp3) is 0.368. The first-order valence-electron chi connectivity index (χ1n) is 8.84. The van der Waals surface area contributed by atoms with Crippen molar-refractivity contribution in [3.8, 4) is 5.88 Å². The maximum absolute atomic E-state index is 13.0. The molecule has 0 aliphatic heterocycles. The summed E-state index contributed by atoms with van der Waals surface area (Å²) in [5.74, 6) is -0.128. The number of carbonyl (C=O) groups is 1. The minimum absolute atomic E-state index is 0.0597. The van der Waals surface area contributed by atoms with Gasteiger partial charge in [-0.1, -0.05) is 11.6 Å². The lowest BCUT2D eigenvalue weighted by Crippen LogP contribution is -2.29. The summed E-state index contributed by atoms with van der Waals surface area (Å²) < 4.78 is 31.0. The topological polar surface area (TPSA) is 106 Å². The van der Waals surface area contributed by atoms with E-state index in [1.54, 1.807) is 12.1 Å². The normalized spacial score (nSPS) is 19.8. The molecule has 2 N–H and O–H groups in total. The highest BCUT2D eigenvalue weighted by atomic mass is 35.5. The van der Waals surface area contributed by atoms with Crippen molar-refractivity contribution < 1.29 is 23.1 Å². The number of hydrogen-bond acceptors (Lipinski definition) is 6. The molecule has 1 aliphatic carbocycles. The Morgan fingerprint density at radius 2 is 1.93 bits per heavy atom. The molecule has 1 aromatic carbocycles. The molecule has 0 bridgehead atoms. The van der Waals surface area contributed by atoms with Crippen molar-refractivity contribution in [3.63, 3.8) is 0 Å². The summed E-state index contributed by atoms with van der Waals surface area (Å²) in [6, 6.07) is 7.34. The molecule has 28 heavy (non-hydrogen) atoms. The lowest BCUT2D eigenvalue weighted by atomic mass is 9.97. The Kier molecular flexibility index (Phi) is 6.22. The number of hydrogen-bond donors (Lipinski definition) is 2. The zero-order valence-electron chi connectivity index (χ0n) is 15.3. The van der Waals surface area contributed by atoms with E-state index in [9.17, 15) is 18.3 Å². The predicted octanol–water partition coefficient (Wildman–Crippen LogP) is 3.07. The number of pyridine rings is 1. The minimum Gasteiger partial charge on any atom is -0.481 e. The molecule has 150 valence electrons. The molecule has 1 saturated carbocycles. The van der Waals surface area contributed by atoms with Crippen molar-refractivity contribution in [2.24, 2.45) is 0 Å². The molecule has 0 unspecified atom stereocenters. The van der Waals surface area contributed by atoms with E-state index < -0.39 is 27.1 Å². The van der Waals surface area contributed by atoms with Crippen LogP contribution in [0, 0.1) is 0 Å². The molecule has 1 amide bonds. The number of amides is 1. The SMILES string of the molecule is COc1cc(NC(=O)c2ccc(Cl)c(S(=O)(=O)[C@H]3CC[C@H](O)CC3)c2)ccn1. The number of benzene rings is 1. The number of rotatable bonds is 5. The van der Waals surface area contributed by atoms with Gasteiger partial charge in [0.25, 0.3) is 5.91 Å². The first-order chi connectivity index (χ1) is 13.3. The molecule has 1 fully saturated rings. The van der Waals surface area contributed by atoms with Gasteiger partial charge >= 0.3 is 0 Å². The largest absolute Gasteiger partial charge is 0.481 e. The quantitative estimate of drug-likeness (QED) is 0.764. The standard InChI is InChI=1S/C19H21ClN2O5S/c1-27-18-11-13(8-9-21-18)22-19(24)12-2-7-16(20)17(10-12)28(25,26)15-5-3-14(23)4-6-15/h2,7-11,14-15,23H,3-6H2,1H3,(H,21,22,24)/t14-,15-. The number of sulfone groups is 1. The zero-order chi connectivity index (χ0) is 20.3. The Hall–Kier alpha value is -2.16. The molecule has 1 aromatic heterocycles. The van der Waals surface area contributed by atoms with E-state index in [-0.39, 0.29) is 15.5 Å². The zero-order valence-corrected chi connectivity index (χ0v) is 16.8. The minimum atomic E-state index is -3.71. The molecule has 0 saturated heterocycles. The monoisotopic (exact) mass is 424 g/mol. The third-order valence-corrected chi connectivity index (χ3v) is 7.53. The Morgan fingerprint density at radius 1 is 1.21 bits per heavy atom. The second kappa shape index (κ2) is 8.46. The highest BCUT2D eigenvalue weighted by Crippen LogP contribution is 2.33. The summed E-state index contributed by atoms with van der Waals surface area (Å²) in [6.45, 7) is 0. The summed E-state index contributed by atoms with van der Waals surface area (Å²) in [7, 11) is -2.24. The van der Waals surface area contributed by atoms with Gasteiger partial charge in [0.1, 0.15) is 0 Å². The number of nitrogens with one attached hydrogen (secondary N) is 1. The second-order valence-electron chi connectivity index (χ2n) is 6.66. The van der Waals surface area contributed by atoms with Crippen LogP contribution >= 0.6 is 11.6 Å². The first kappa shape index (κ1) is 20.6. The van der Waals surface area contributed by atoms with E-state index in [1.807, 2.05) is 0 Å². The Morgan fingerprint density at radius 3 is 2.61 bits per heavy atom. The van der Waals surface area contributed by atoms with Crippen molar-refractivity contribution in [3.05, 3.63) is 47.1 Å². The number of aliphatic hydroxyl groups excluding tert-OH is 1. The van der Waals surface area contributed by atoms with Crippen molar-refractivity contribution in [1.29, 1.82) is 0 Å². The molecule has 0 radical (unpaired) electrons. The van der Waals surface area contributed by atoms with Gasteiger partial charge in [-0.3, -0.25) is 4.79 Å². The summed E-state index contributed by atoms with van der Waals surface area (Å²) in [5.41, 5.74) is 0.645. The van der Waals surface area contributed by atoms with Crippen LogP contribution in [0.15, 0.2) is 41.4 Å². The third-order valence-electron chi connectivity index (χ3n) is 4.78. The Balaban J connectivity index is 1.85. The fourth-order valence-electron chi connectivity index (χ4n) is 3.20. The molecule has 7 nitrogen and oxygen atoms in total. The van der Waals surface area contributed by atoms with Crippen molar-refractivity contribution in [2.75, 3.05) is 12.4 Å². The van der Waals surface area contributed by atoms with Crippen LogP contribution in [0.5, 0.6) is 5.88 Å². The molecule has 1 heterocycles. The molecule has 2 aromatic rings. The highest BCUT2D eigenvalue weighted by molar-refractivity contribution is 7.92. The van der Waals surface area contributed by atoms with Crippen LogP contribution < -0.4 is 10.1 Å². The molecule has 1 aliphatic rings. The van der Waals surface area contributed by atoms with Crippen molar-refractivity contribution >= 4 is 33.0 Å². The van der Waals surface area contributed by atoms with Gasteiger partial charge in [-0.05, 0) is 49.9 Å². The molecule has 9 heteroatoms. The maximum Gasteiger partial charge on any atom is 0.255 e. The van der Waals surface area contributed by atoms with Gasteiger partial charge in [0.15, 0.2) is 9.84 Å². The second-order valence-corrected chi connectivity index (χ2v) is 9.27. The summed E-state index contributed by atoms with van der Waals surface area (Å²) >= 11 is 6.15. The molecule has 3 rings (SSSR count). The number of aliphatic hydroxyl groups is 1. The number of methoxy groups -OCH3 is 1. The number of halogens is 1.